The van der Waals surface area contributed by atoms with Crippen LogP contribution in [0.15, 0.2) is 24.5 Å². The monoisotopic (exact) mass is 337 g/mol. The molecule has 0 spiro atoms. The van der Waals surface area contributed by atoms with Gasteiger partial charge in [-0.3, -0.25) is 0 Å². The fraction of sp³-hybridized carbons (Fsp3) is 0.312. The maximum atomic E-state index is 12.9. The topological polar surface area (TPSA) is 66.3 Å². The Hall–Kier alpha value is -2.64. The number of carboxylic acid groups (broad SMARTS) is 1. The second kappa shape index (κ2) is 5.77. The molecular formula is C16H14F3N3O2. The van der Waals surface area contributed by atoms with Gasteiger partial charge in [-0.1, -0.05) is 6.07 Å². The Morgan fingerprint density at radius 2 is 2.00 bits per heavy atom. The van der Waals surface area contributed by atoms with Crippen molar-refractivity contribution < 1.29 is 23.1 Å². The van der Waals surface area contributed by atoms with Gasteiger partial charge in [0.2, 0.25) is 0 Å². The van der Waals surface area contributed by atoms with E-state index >= 15 is 0 Å². The number of benzene rings is 1. The van der Waals surface area contributed by atoms with Gasteiger partial charge in [0.15, 0.2) is 5.69 Å². The highest BCUT2D eigenvalue weighted by molar-refractivity contribution is 5.88. The van der Waals surface area contributed by atoms with E-state index in [1.54, 1.807) is 11.8 Å². The van der Waals surface area contributed by atoms with Crippen molar-refractivity contribution in [2.75, 3.05) is 11.4 Å². The zero-order chi connectivity index (χ0) is 17.5. The van der Waals surface area contributed by atoms with Crippen LogP contribution >= 0.6 is 0 Å². The van der Waals surface area contributed by atoms with E-state index in [4.69, 9.17) is 5.11 Å². The normalized spacial score (nSPS) is 14.4. The quantitative estimate of drug-likeness (QED) is 0.912. The Balaban J connectivity index is 1.95. The van der Waals surface area contributed by atoms with Gasteiger partial charge in [0.1, 0.15) is 12.1 Å². The van der Waals surface area contributed by atoms with Crippen molar-refractivity contribution >= 4 is 11.8 Å². The summed E-state index contributed by atoms with van der Waals surface area (Å²) >= 11 is 0. The van der Waals surface area contributed by atoms with Crippen LogP contribution in [-0.2, 0) is 19.1 Å². The van der Waals surface area contributed by atoms with Gasteiger partial charge in [0, 0.05) is 18.7 Å². The van der Waals surface area contributed by atoms with E-state index in [2.05, 4.69) is 9.97 Å². The summed E-state index contributed by atoms with van der Waals surface area (Å²) in [5.41, 5.74) is 1.05. The number of carboxylic acids is 1. The van der Waals surface area contributed by atoms with E-state index in [0.717, 1.165) is 24.0 Å². The van der Waals surface area contributed by atoms with Crippen molar-refractivity contribution in [2.24, 2.45) is 0 Å². The highest BCUT2D eigenvalue weighted by atomic mass is 19.4. The Morgan fingerprint density at radius 3 is 2.67 bits per heavy atom. The molecule has 0 unspecified atom stereocenters. The fourth-order valence-electron chi connectivity index (χ4n) is 2.89. The Labute approximate surface area is 135 Å². The maximum Gasteiger partial charge on any atom is 0.416 e. The molecule has 0 saturated carbocycles. The number of hydrogen-bond acceptors (Lipinski definition) is 4. The number of fused-ring (bicyclic) bond motifs is 1. The van der Waals surface area contributed by atoms with Crippen LogP contribution in [0.4, 0.5) is 19.0 Å². The Bertz CT molecular complexity index is 806. The summed E-state index contributed by atoms with van der Waals surface area (Å²) in [6.07, 6.45) is -2.66. The highest BCUT2D eigenvalue weighted by Crippen LogP contribution is 2.33. The average Bonchev–Trinajstić information content (AvgIpc) is 2.53. The number of aromatic nitrogens is 2. The van der Waals surface area contributed by atoms with Crippen LogP contribution in [0.25, 0.3) is 0 Å². The van der Waals surface area contributed by atoms with E-state index in [1.165, 1.54) is 6.07 Å². The zero-order valence-electron chi connectivity index (χ0n) is 12.8. The highest BCUT2D eigenvalue weighted by Gasteiger charge is 2.32. The van der Waals surface area contributed by atoms with E-state index in [0.29, 0.717) is 29.9 Å². The van der Waals surface area contributed by atoms with Gasteiger partial charge >= 0.3 is 12.1 Å². The molecule has 24 heavy (non-hydrogen) atoms. The number of alkyl halides is 3. The smallest absolute Gasteiger partial charge is 0.416 e. The molecule has 0 saturated heterocycles. The second-order valence-electron chi connectivity index (χ2n) is 5.63. The Kier molecular flexibility index (Phi) is 3.90. The predicted molar refractivity (Wildman–Crippen MR) is 79.9 cm³/mol. The van der Waals surface area contributed by atoms with Crippen molar-refractivity contribution in [1.29, 1.82) is 0 Å². The lowest BCUT2D eigenvalue weighted by Gasteiger charge is -2.31. The number of hydrogen-bond donors (Lipinski definition) is 1. The lowest BCUT2D eigenvalue weighted by molar-refractivity contribution is -0.137. The lowest BCUT2D eigenvalue weighted by Crippen LogP contribution is -2.32. The Morgan fingerprint density at radius 1 is 1.25 bits per heavy atom. The molecule has 8 heteroatoms. The molecule has 0 radical (unpaired) electrons. The molecule has 1 aromatic carbocycles. The lowest BCUT2D eigenvalue weighted by atomic mass is 9.97. The molecule has 1 aromatic heterocycles. The summed E-state index contributed by atoms with van der Waals surface area (Å²) in [6, 6.07) is 3.74. The minimum atomic E-state index is -4.39. The van der Waals surface area contributed by atoms with E-state index in [1.807, 2.05) is 0 Å². The first kappa shape index (κ1) is 16.2. The van der Waals surface area contributed by atoms with Gasteiger partial charge in [0.05, 0.1) is 5.56 Å². The molecule has 2 heterocycles. The van der Waals surface area contributed by atoms with Crippen LogP contribution in [0, 0.1) is 6.92 Å². The maximum absolute atomic E-state index is 12.9. The van der Waals surface area contributed by atoms with Crippen molar-refractivity contribution in [3.8, 4) is 0 Å². The first-order chi connectivity index (χ1) is 11.3. The molecule has 126 valence electrons. The predicted octanol–water partition coefficient (Wildman–Crippen LogP) is 3.06. The minimum Gasteiger partial charge on any atom is -0.476 e. The molecule has 1 aliphatic rings. The third kappa shape index (κ3) is 2.91. The number of aromatic carboxylic acids is 1. The molecule has 3 rings (SSSR count). The van der Waals surface area contributed by atoms with Crippen LogP contribution in [0.2, 0.25) is 0 Å². The summed E-state index contributed by atoms with van der Waals surface area (Å²) in [4.78, 5) is 20.8. The second-order valence-corrected chi connectivity index (χ2v) is 5.63. The van der Waals surface area contributed by atoms with Crippen molar-refractivity contribution in [3.05, 3.63) is 52.5 Å². The van der Waals surface area contributed by atoms with E-state index < -0.39 is 17.7 Å². The van der Waals surface area contributed by atoms with E-state index in [-0.39, 0.29) is 12.2 Å². The van der Waals surface area contributed by atoms with Gasteiger partial charge in [-0.25, -0.2) is 14.8 Å². The molecule has 1 N–H and O–H groups in total. The molecule has 0 atom stereocenters. The molecule has 0 fully saturated rings. The largest absolute Gasteiger partial charge is 0.476 e. The zero-order valence-corrected chi connectivity index (χ0v) is 12.8. The van der Waals surface area contributed by atoms with Crippen molar-refractivity contribution in [1.82, 2.24) is 9.97 Å². The van der Waals surface area contributed by atoms with Crippen LogP contribution < -0.4 is 4.90 Å². The summed E-state index contributed by atoms with van der Waals surface area (Å²) in [5, 5.41) is 9.14. The average molecular weight is 337 g/mol. The van der Waals surface area contributed by atoms with Gasteiger partial charge in [-0.15, -0.1) is 0 Å². The van der Waals surface area contributed by atoms with Gasteiger partial charge in [0.25, 0.3) is 0 Å². The summed E-state index contributed by atoms with van der Waals surface area (Å²) < 4.78 is 38.7. The summed E-state index contributed by atoms with van der Waals surface area (Å²) in [6.45, 7) is 2.39. The SMILES string of the molecule is Cc1c(C(=O)O)ncnc1N1CCc2ccc(C(F)(F)F)cc2C1. The number of anilines is 1. The van der Waals surface area contributed by atoms with Gasteiger partial charge in [-0.05, 0) is 36.6 Å². The molecule has 5 nitrogen and oxygen atoms in total. The molecule has 0 bridgehead atoms. The molecule has 0 amide bonds. The van der Waals surface area contributed by atoms with Crippen LogP contribution in [0.3, 0.4) is 0 Å². The number of halogens is 3. The molecular weight excluding hydrogens is 323 g/mol. The van der Waals surface area contributed by atoms with E-state index in [9.17, 15) is 18.0 Å². The van der Waals surface area contributed by atoms with Crippen LogP contribution in [0.5, 0.6) is 0 Å². The fourth-order valence-corrected chi connectivity index (χ4v) is 2.89. The molecule has 2 aromatic rings. The third-order valence-electron chi connectivity index (χ3n) is 4.11. The van der Waals surface area contributed by atoms with Crippen LogP contribution in [0.1, 0.15) is 32.7 Å². The number of nitrogens with zero attached hydrogens (tertiary/aromatic N) is 3. The van der Waals surface area contributed by atoms with Gasteiger partial charge < -0.3 is 10.0 Å². The van der Waals surface area contributed by atoms with Crippen molar-refractivity contribution in [3.63, 3.8) is 0 Å². The summed E-state index contributed by atoms with van der Waals surface area (Å²) in [7, 11) is 0. The first-order valence-corrected chi connectivity index (χ1v) is 7.26. The van der Waals surface area contributed by atoms with Crippen LogP contribution in [-0.4, -0.2) is 27.6 Å². The number of carbonyl (C=O) groups is 1. The van der Waals surface area contributed by atoms with Gasteiger partial charge in [-0.2, -0.15) is 13.2 Å². The third-order valence-corrected chi connectivity index (χ3v) is 4.11. The molecule has 0 aliphatic carbocycles. The minimum absolute atomic E-state index is 0.102. The summed E-state index contributed by atoms with van der Waals surface area (Å²) in [5.74, 6) is -0.724. The number of rotatable bonds is 2. The standard InChI is InChI=1S/C16H14F3N3O2/c1-9-13(15(23)24)20-8-21-14(9)22-5-4-10-2-3-12(16(17,18)19)6-11(10)7-22/h2-3,6,8H,4-5,7H2,1H3,(H,23,24). The van der Waals surface area contributed by atoms with Crippen molar-refractivity contribution in [2.45, 2.75) is 26.1 Å². The first-order valence-electron chi connectivity index (χ1n) is 7.26. The molecule has 1 aliphatic heterocycles.